The number of benzene rings is 3. The Hall–Kier alpha value is -4.34. The molecular weight excluding hydrogens is 626 g/mol. The van der Waals surface area contributed by atoms with Crippen molar-refractivity contribution in [3.05, 3.63) is 105 Å². The van der Waals surface area contributed by atoms with E-state index in [4.69, 9.17) is 35.8 Å². The molecule has 0 radical (unpaired) electrons. The van der Waals surface area contributed by atoms with E-state index in [1.165, 1.54) is 16.7 Å². The number of hydrogen-bond donors (Lipinski definition) is 0. The maximum atomic E-state index is 14.1. The third-order valence-electron chi connectivity index (χ3n) is 9.53. The number of amides is 1. The number of methoxy groups -OCH3 is 3. The summed E-state index contributed by atoms with van der Waals surface area (Å²) in [6.45, 7) is 6.44. The van der Waals surface area contributed by atoms with Crippen molar-refractivity contribution in [2.24, 2.45) is 0 Å². The minimum atomic E-state index is -0.00978. The van der Waals surface area contributed by atoms with Gasteiger partial charge < -0.3 is 24.0 Å². The van der Waals surface area contributed by atoms with Gasteiger partial charge in [0.25, 0.3) is 5.91 Å². The lowest BCUT2D eigenvalue weighted by molar-refractivity contribution is 0.0626. The van der Waals surface area contributed by atoms with Crippen LogP contribution in [0.25, 0.3) is 0 Å². The summed E-state index contributed by atoms with van der Waals surface area (Å²) in [5.41, 5.74) is 6.15. The molecule has 3 heterocycles. The van der Waals surface area contributed by atoms with Gasteiger partial charge >= 0.3 is 0 Å². The van der Waals surface area contributed by atoms with Gasteiger partial charge in [0.15, 0.2) is 11.5 Å². The quantitative estimate of drug-likeness (QED) is 0.178. The number of ether oxygens (including phenoxy) is 3. The predicted octanol–water partition coefficient (Wildman–Crippen LogP) is 6.55. The first-order valence-electron chi connectivity index (χ1n) is 16.6. The molecule has 0 unspecified atom stereocenters. The predicted molar refractivity (Wildman–Crippen MR) is 189 cm³/mol. The highest BCUT2D eigenvalue weighted by Crippen LogP contribution is 2.39. The summed E-state index contributed by atoms with van der Waals surface area (Å²) in [5.74, 6) is 2.52. The highest BCUT2D eigenvalue weighted by molar-refractivity contribution is 6.30. The minimum absolute atomic E-state index is 0.00978. The molecule has 0 saturated carbocycles. The molecule has 2 saturated heterocycles. The Balaban J connectivity index is 1.20. The molecule has 1 aromatic heterocycles. The lowest BCUT2D eigenvalue weighted by Gasteiger charge is -2.35. The van der Waals surface area contributed by atoms with Crippen molar-refractivity contribution in [1.82, 2.24) is 19.8 Å². The fraction of sp³-hybridized carbons (Fsp3) is 0.395. The zero-order valence-corrected chi connectivity index (χ0v) is 29.0. The van der Waals surface area contributed by atoms with Crippen molar-refractivity contribution in [2.45, 2.75) is 45.2 Å². The van der Waals surface area contributed by atoms with Crippen LogP contribution in [0.5, 0.6) is 17.2 Å². The fourth-order valence-electron chi connectivity index (χ4n) is 6.86. The maximum Gasteiger partial charge on any atom is 0.257 e. The Kier molecular flexibility index (Phi) is 10.7. The molecule has 10 heteroatoms. The number of aromatic nitrogens is 2. The first-order valence-corrected chi connectivity index (χ1v) is 17.0. The molecule has 0 aliphatic carbocycles. The third kappa shape index (κ3) is 7.37. The highest BCUT2D eigenvalue weighted by atomic mass is 35.5. The summed E-state index contributed by atoms with van der Waals surface area (Å²) in [4.78, 5) is 30.6. The maximum absolute atomic E-state index is 14.1. The highest BCUT2D eigenvalue weighted by Gasteiger charge is 2.30. The Morgan fingerprint density at radius 1 is 0.896 bits per heavy atom. The van der Waals surface area contributed by atoms with Crippen molar-refractivity contribution < 1.29 is 19.0 Å². The van der Waals surface area contributed by atoms with E-state index < -0.39 is 0 Å². The number of carbonyl (C=O) groups excluding carboxylic acids is 1. The van der Waals surface area contributed by atoms with Crippen molar-refractivity contribution >= 4 is 23.5 Å². The minimum Gasteiger partial charge on any atom is -0.493 e. The van der Waals surface area contributed by atoms with E-state index in [-0.39, 0.29) is 11.9 Å². The molecule has 2 fully saturated rings. The second-order valence-corrected chi connectivity index (χ2v) is 12.9. The molecule has 1 amide bonds. The zero-order chi connectivity index (χ0) is 33.6. The summed E-state index contributed by atoms with van der Waals surface area (Å²) in [6.07, 6.45) is 5.28. The number of hydrogen-bond acceptors (Lipinski definition) is 8. The Morgan fingerprint density at radius 3 is 2.27 bits per heavy atom. The van der Waals surface area contributed by atoms with E-state index >= 15 is 0 Å². The van der Waals surface area contributed by atoms with Crippen LogP contribution >= 0.6 is 11.6 Å². The lowest BCUT2D eigenvalue weighted by Crippen LogP contribution is -2.48. The van der Waals surface area contributed by atoms with E-state index in [1.54, 1.807) is 27.5 Å². The average Bonchev–Trinajstić information content (AvgIpc) is 3.61. The number of nitrogens with zero attached hydrogens (tertiary/aromatic N) is 5. The summed E-state index contributed by atoms with van der Waals surface area (Å²) in [7, 11) is 4.85. The molecule has 48 heavy (non-hydrogen) atoms. The second-order valence-electron chi connectivity index (χ2n) is 12.5. The topological polar surface area (TPSA) is 80.3 Å². The van der Waals surface area contributed by atoms with Gasteiger partial charge in [-0.15, -0.1) is 0 Å². The normalized spacial score (nSPS) is 16.6. The van der Waals surface area contributed by atoms with Gasteiger partial charge in [-0.1, -0.05) is 48.0 Å². The Labute approximate surface area is 288 Å². The van der Waals surface area contributed by atoms with Gasteiger partial charge in [-0.2, -0.15) is 0 Å². The largest absolute Gasteiger partial charge is 0.493 e. The van der Waals surface area contributed by atoms with Gasteiger partial charge in [-0.3, -0.25) is 9.69 Å². The van der Waals surface area contributed by atoms with Crippen LogP contribution < -0.4 is 19.1 Å². The molecule has 3 aromatic carbocycles. The molecule has 2 aliphatic rings. The molecule has 252 valence electrons. The first kappa shape index (κ1) is 33.6. The molecule has 0 bridgehead atoms. The number of piperazine rings is 1. The van der Waals surface area contributed by atoms with E-state index in [2.05, 4.69) is 53.1 Å². The van der Waals surface area contributed by atoms with Gasteiger partial charge in [-0.25, -0.2) is 9.97 Å². The van der Waals surface area contributed by atoms with Crippen LogP contribution in [0.2, 0.25) is 5.02 Å². The van der Waals surface area contributed by atoms with Crippen molar-refractivity contribution in [3.8, 4) is 17.2 Å². The average molecular weight is 670 g/mol. The molecule has 6 rings (SSSR count). The number of rotatable bonds is 11. The Morgan fingerprint density at radius 2 is 1.60 bits per heavy atom. The summed E-state index contributed by atoms with van der Waals surface area (Å²) in [5, 5.41) is 0.725. The van der Waals surface area contributed by atoms with Crippen molar-refractivity contribution in [2.75, 3.05) is 59.0 Å². The summed E-state index contributed by atoms with van der Waals surface area (Å²) < 4.78 is 16.6. The Bertz CT molecular complexity index is 1700. The standard InChI is InChI=1S/C38H44ClN5O4/c1-26-8-5-6-9-28(26)13-16-32-31(24-40-38(41-32)44-17-7-10-33(44)29-11-14-30(39)15-12-29)37(45)43-20-18-42(19-21-43)25-27-22-34(46-2)36(48-4)35(23-27)47-3/h5-6,8-9,11-12,14-15,22-24,33H,7,10,13,16-21,25H2,1-4H3/t33-/m0/s1. The third-order valence-corrected chi connectivity index (χ3v) is 9.78. The van der Waals surface area contributed by atoms with Crippen LogP contribution in [0.15, 0.2) is 66.9 Å². The summed E-state index contributed by atoms with van der Waals surface area (Å²) >= 11 is 6.19. The summed E-state index contributed by atoms with van der Waals surface area (Å²) in [6, 6.07) is 20.6. The smallest absolute Gasteiger partial charge is 0.257 e. The van der Waals surface area contributed by atoms with E-state index in [0.29, 0.717) is 54.8 Å². The molecule has 0 N–H and O–H groups in total. The first-order chi connectivity index (χ1) is 23.4. The molecule has 2 aliphatic heterocycles. The van der Waals surface area contributed by atoms with Gasteiger partial charge in [-0.05, 0) is 79.1 Å². The van der Waals surface area contributed by atoms with Gasteiger partial charge in [0, 0.05) is 50.5 Å². The van der Waals surface area contributed by atoms with E-state index in [1.807, 2.05) is 29.2 Å². The van der Waals surface area contributed by atoms with E-state index in [9.17, 15) is 4.79 Å². The number of aryl methyl sites for hydroxylation is 3. The van der Waals surface area contributed by atoms with Gasteiger partial charge in [0.1, 0.15) is 0 Å². The van der Waals surface area contributed by atoms with Crippen LogP contribution in [0, 0.1) is 6.92 Å². The number of halogens is 1. The van der Waals surface area contributed by atoms with Crippen LogP contribution in [0.4, 0.5) is 5.95 Å². The fourth-order valence-corrected chi connectivity index (χ4v) is 6.99. The zero-order valence-electron chi connectivity index (χ0n) is 28.2. The van der Waals surface area contributed by atoms with Crippen molar-refractivity contribution in [3.63, 3.8) is 0 Å². The van der Waals surface area contributed by atoms with Crippen LogP contribution in [0.3, 0.4) is 0 Å². The SMILES string of the molecule is COc1cc(CN2CCN(C(=O)c3cnc(N4CCC[C@H]4c4ccc(Cl)cc4)nc3CCc3ccccc3C)CC2)cc(OC)c1OC. The van der Waals surface area contributed by atoms with Crippen LogP contribution in [0.1, 0.15) is 57.2 Å². The second kappa shape index (κ2) is 15.3. The molecule has 0 spiro atoms. The molecular formula is C38H44ClN5O4. The molecule has 1 atom stereocenters. The van der Waals surface area contributed by atoms with Crippen molar-refractivity contribution in [1.29, 1.82) is 0 Å². The molecule has 4 aromatic rings. The lowest BCUT2D eigenvalue weighted by atomic mass is 10.0. The molecule has 9 nitrogen and oxygen atoms in total. The van der Waals surface area contributed by atoms with Crippen LogP contribution in [-0.2, 0) is 19.4 Å². The number of carbonyl (C=O) groups is 1. The number of anilines is 1. The van der Waals surface area contributed by atoms with Gasteiger partial charge in [0.05, 0.1) is 38.6 Å². The van der Waals surface area contributed by atoms with E-state index in [0.717, 1.165) is 55.2 Å². The van der Waals surface area contributed by atoms with Crippen LogP contribution in [-0.4, -0.2) is 79.7 Å². The van der Waals surface area contributed by atoms with Gasteiger partial charge in [0.2, 0.25) is 11.7 Å². The monoisotopic (exact) mass is 669 g/mol.